The minimum absolute atomic E-state index is 0.206. The van der Waals surface area contributed by atoms with Gasteiger partial charge in [-0.25, -0.2) is 4.98 Å². The Labute approximate surface area is 102 Å². The van der Waals surface area contributed by atoms with E-state index in [0.29, 0.717) is 12.6 Å². The highest BCUT2D eigenvalue weighted by Crippen LogP contribution is 2.26. The van der Waals surface area contributed by atoms with Crippen molar-refractivity contribution in [2.45, 2.75) is 46.6 Å². The van der Waals surface area contributed by atoms with Gasteiger partial charge in [0, 0.05) is 11.4 Å². The Morgan fingerprint density at radius 3 is 2.62 bits per heavy atom. The summed E-state index contributed by atoms with van der Waals surface area (Å²) in [6.45, 7) is 9.53. The normalized spacial score (nSPS) is 13.8. The van der Waals surface area contributed by atoms with Crippen LogP contribution in [0.2, 0.25) is 0 Å². The van der Waals surface area contributed by atoms with Gasteiger partial charge in [0.25, 0.3) is 0 Å². The summed E-state index contributed by atoms with van der Waals surface area (Å²) in [5.41, 5.74) is 7.02. The maximum absolute atomic E-state index is 5.65. The topological polar surface area (TPSA) is 50.9 Å². The van der Waals surface area contributed by atoms with Gasteiger partial charge in [0.1, 0.15) is 0 Å². The molecule has 0 saturated carbocycles. The Hall–Kier alpha value is -0.610. The Bertz CT molecular complexity index is 314. The molecule has 3 nitrogen and oxygen atoms in total. The van der Waals surface area contributed by atoms with E-state index in [1.807, 2.05) is 0 Å². The average molecular weight is 241 g/mol. The van der Waals surface area contributed by atoms with Gasteiger partial charge in [-0.3, -0.25) is 0 Å². The summed E-state index contributed by atoms with van der Waals surface area (Å²) in [6.07, 6.45) is 1.97. The first-order valence-electron chi connectivity index (χ1n) is 5.88. The minimum Gasteiger partial charge on any atom is -0.358 e. The first-order chi connectivity index (χ1) is 7.47. The summed E-state index contributed by atoms with van der Waals surface area (Å²) < 4.78 is 0. The predicted molar refractivity (Wildman–Crippen MR) is 72.0 cm³/mol. The molecule has 16 heavy (non-hydrogen) atoms. The van der Waals surface area contributed by atoms with Gasteiger partial charge in [-0.05, 0) is 24.8 Å². The number of nitrogens with zero attached hydrogens (tertiary/aromatic N) is 1. The van der Waals surface area contributed by atoms with E-state index in [1.165, 1.54) is 0 Å². The van der Waals surface area contributed by atoms with E-state index in [4.69, 9.17) is 5.73 Å². The van der Waals surface area contributed by atoms with E-state index < -0.39 is 0 Å². The number of hydrogen-bond acceptors (Lipinski definition) is 4. The molecule has 0 bridgehead atoms. The fourth-order valence-corrected chi connectivity index (χ4v) is 2.42. The van der Waals surface area contributed by atoms with Crippen molar-refractivity contribution in [3.63, 3.8) is 0 Å². The van der Waals surface area contributed by atoms with Gasteiger partial charge in [-0.15, -0.1) is 11.3 Å². The first kappa shape index (κ1) is 13.5. The van der Waals surface area contributed by atoms with Gasteiger partial charge in [-0.2, -0.15) is 0 Å². The van der Waals surface area contributed by atoms with Crippen LogP contribution in [0.4, 0.5) is 5.13 Å². The molecule has 0 fully saturated rings. The van der Waals surface area contributed by atoms with Crippen LogP contribution in [0.3, 0.4) is 0 Å². The molecule has 0 aliphatic rings. The Morgan fingerprint density at radius 2 is 2.19 bits per heavy atom. The third-order valence-corrected chi connectivity index (χ3v) is 3.53. The summed E-state index contributed by atoms with van der Waals surface area (Å²) >= 11 is 1.68. The number of thiazole rings is 1. The second kappa shape index (κ2) is 5.64. The molecule has 1 aromatic heterocycles. The lowest BCUT2D eigenvalue weighted by atomic mass is 9.85. The number of aromatic nitrogens is 1. The molecule has 0 aliphatic heterocycles. The fourth-order valence-electron chi connectivity index (χ4n) is 1.57. The van der Waals surface area contributed by atoms with E-state index in [-0.39, 0.29) is 5.41 Å². The van der Waals surface area contributed by atoms with Crippen LogP contribution in [0.25, 0.3) is 0 Å². The molecule has 4 heteroatoms. The maximum Gasteiger partial charge on any atom is 0.183 e. The second-order valence-corrected chi connectivity index (χ2v) is 6.00. The first-order valence-corrected chi connectivity index (χ1v) is 6.76. The molecule has 0 radical (unpaired) electrons. The van der Waals surface area contributed by atoms with Crippen molar-refractivity contribution < 1.29 is 0 Å². The van der Waals surface area contributed by atoms with E-state index >= 15 is 0 Å². The summed E-state index contributed by atoms with van der Waals surface area (Å²) in [4.78, 5) is 4.53. The van der Waals surface area contributed by atoms with Crippen molar-refractivity contribution >= 4 is 16.5 Å². The molecule has 0 aliphatic carbocycles. The van der Waals surface area contributed by atoms with E-state index in [9.17, 15) is 0 Å². The van der Waals surface area contributed by atoms with Crippen molar-refractivity contribution in [1.29, 1.82) is 0 Å². The van der Waals surface area contributed by atoms with Gasteiger partial charge in [0.2, 0.25) is 0 Å². The molecule has 0 amide bonds. The molecular weight excluding hydrogens is 218 g/mol. The highest BCUT2D eigenvalue weighted by atomic mass is 32.1. The van der Waals surface area contributed by atoms with E-state index in [1.54, 1.807) is 11.3 Å². The predicted octanol–water partition coefficient (Wildman–Crippen LogP) is 2.88. The van der Waals surface area contributed by atoms with Crippen molar-refractivity contribution in [2.75, 3.05) is 11.9 Å². The molecule has 1 rings (SSSR count). The Morgan fingerprint density at radius 1 is 1.50 bits per heavy atom. The largest absolute Gasteiger partial charge is 0.358 e. The summed E-state index contributed by atoms with van der Waals surface area (Å²) in [7, 11) is 0. The lowest BCUT2D eigenvalue weighted by Gasteiger charge is -2.31. The zero-order valence-corrected chi connectivity index (χ0v) is 11.5. The van der Waals surface area contributed by atoms with Gasteiger partial charge in [0.05, 0.1) is 5.69 Å². The maximum atomic E-state index is 5.65. The van der Waals surface area contributed by atoms with E-state index in [0.717, 1.165) is 23.7 Å². The zero-order valence-electron chi connectivity index (χ0n) is 10.7. The van der Waals surface area contributed by atoms with Crippen molar-refractivity contribution in [2.24, 2.45) is 11.1 Å². The molecular formula is C12H23N3S. The van der Waals surface area contributed by atoms with Crippen LogP contribution in [0.1, 0.15) is 39.8 Å². The average Bonchev–Trinajstić information content (AvgIpc) is 2.63. The smallest absolute Gasteiger partial charge is 0.183 e. The molecule has 0 spiro atoms. The van der Waals surface area contributed by atoms with Crippen LogP contribution < -0.4 is 11.1 Å². The Balaban J connectivity index is 2.67. The lowest BCUT2D eigenvalue weighted by molar-refractivity contribution is 0.328. The van der Waals surface area contributed by atoms with Gasteiger partial charge < -0.3 is 11.1 Å². The number of rotatable bonds is 5. The molecule has 0 saturated heterocycles. The lowest BCUT2D eigenvalue weighted by Crippen LogP contribution is -2.35. The summed E-state index contributed by atoms with van der Waals surface area (Å²) in [5.74, 6) is 0. The monoisotopic (exact) mass is 241 g/mol. The minimum atomic E-state index is 0.206. The molecule has 1 atom stereocenters. The number of anilines is 1. The van der Waals surface area contributed by atoms with Crippen LogP contribution in [0.15, 0.2) is 5.38 Å². The molecule has 1 aromatic rings. The van der Waals surface area contributed by atoms with Gasteiger partial charge in [0.15, 0.2) is 5.13 Å². The van der Waals surface area contributed by atoms with Crippen LogP contribution in [-0.2, 0) is 6.42 Å². The van der Waals surface area contributed by atoms with Crippen LogP contribution in [-0.4, -0.2) is 17.6 Å². The van der Waals surface area contributed by atoms with Gasteiger partial charge in [-0.1, -0.05) is 27.7 Å². The molecule has 0 aromatic carbocycles. The van der Waals surface area contributed by atoms with Crippen LogP contribution in [0.5, 0.6) is 0 Å². The van der Waals surface area contributed by atoms with E-state index in [2.05, 4.69) is 43.4 Å². The standard InChI is InChI=1S/C12H23N3S/c1-5-9-8-16-11(14-9)15-10(6-7-13)12(2,3)4/h8,10H,5-7,13H2,1-4H3,(H,14,15). The molecule has 92 valence electrons. The summed E-state index contributed by atoms with van der Waals surface area (Å²) in [5, 5.41) is 6.64. The number of nitrogens with one attached hydrogen (secondary N) is 1. The highest BCUT2D eigenvalue weighted by molar-refractivity contribution is 7.13. The third-order valence-electron chi connectivity index (χ3n) is 2.71. The number of hydrogen-bond donors (Lipinski definition) is 2. The zero-order chi connectivity index (χ0) is 12.2. The summed E-state index contributed by atoms with van der Waals surface area (Å²) in [6, 6.07) is 0.383. The molecule has 1 heterocycles. The van der Waals surface area contributed by atoms with Crippen LogP contribution >= 0.6 is 11.3 Å². The van der Waals surface area contributed by atoms with Crippen molar-refractivity contribution in [3.05, 3.63) is 11.1 Å². The van der Waals surface area contributed by atoms with Crippen molar-refractivity contribution in [3.8, 4) is 0 Å². The second-order valence-electron chi connectivity index (χ2n) is 5.14. The van der Waals surface area contributed by atoms with Crippen molar-refractivity contribution in [1.82, 2.24) is 4.98 Å². The molecule has 1 unspecified atom stereocenters. The number of aryl methyl sites for hydroxylation is 1. The number of nitrogens with two attached hydrogens (primary N) is 1. The quantitative estimate of drug-likeness (QED) is 0.833. The third kappa shape index (κ3) is 3.76. The Kier molecular flexibility index (Phi) is 4.74. The highest BCUT2D eigenvalue weighted by Gasteiger charge is 2.24. The van der Waals surface area contributed by atoms with Crippen LogP contribution in [0, 0.1) is 5.41 Å². The molecule has 3 N–H and O–H groups in total. The van der Waals surface area contributed by atoms with Gasteiger partial charge >= 0.3 is 0 Å². The SMILES string of the molecule is CCc1csc(NC(CCN)C(C)(C)C)n1. The fraction of sp³-hybridized carbons (Fsp3) is 0.750.